The van der Waals surface area contributed by atoms with Gasteiger partial charge in [-0.2, -0.15) is 0 Å². The summed E-state index contributed by atoms with van der Waals surface area (Å²) in [5.74, 6) is 1.00. The Morgan fingerprint density at radius 2 is 1.96 bits per heavy atom. The van der Waals surface area contributed by atoms with Crippen molar-refractivity contribution in [2.75, 3.05) is 46.5 Å². The minimum atomic E-state index is -0.395. The van der Waals surface area contributed by atoms with Crippen molar-refractivity contribution >= 4 is 21.8 Å². The average molecular weight is 399 g/mol. The van der Waals surface area contributed by atoms with Crippen LogP contribution in [0.5, 0.6) is 5.75 Å². The van der Waals surface area contributed by atoms with Crippen LogP contribution in [0.4, 0.5) is 0 Å². The first-order valence-electron chi connectivity index (χ1n) is 8.49. The minimum Gasteiger partial charge on any atom is -0.492 e. The van der Waals surface area contributed by atoms with Gasteiger partial charge < -0.3 is 19.7 Å². The number of nitrogens with one attached hydrogen (secondary N) is 1. The number of methoxy groups -OCH3 is 1. The Labute approximate surface area is 152 Å². The van der Waals surface area contributed by atoms with Crippen LogP contribution >= 0.6 is 15.9 Å². The molecular formula is C18H27BrN2O3. The summed E-state index contributed by atoms with van der Waals surface area (Å²) in [5.41, 5.74) is -0.395. The highest BCUT2D eigenvalue weighted by Gasteiger charge is 2.41. The number of nitrogens with zero attached hydrogens (tertiary/aromatic N) is 1. The molecule has 0 bridgehead atoms. The lowest BCUT2D eigenvalue weighted by Gasteiger charge is -2.39. The zero-order valence-corrected chi connectivity index (χ0v) is 16.1. The predicted octanol–water partition coefficient (Wildman–Crippen LogP) is 2.69. The molecule has 0 unspecified atom stereocenters. The number of carbonyl (C=O) groups excluding carboxylic acids is 1. The maximum absolute atomic E-state index is 13.1. The van der Waals surface area contributed by atoms with Crippen LogP contribution in [0.2, 0.25) is 0 Å². The van der Waals surface area contributed by atoms with Gasteiger partial charge in [-0.05, 0) is 57.1 Å². The molecule has 2 rings (SSSR count). The molecule has 1 saturated heterocycles. The Hall–Kier alpha value is -1.11. The number of carbonyl (C=O) groups is 1. The van der Waals surface area contributed by atoms with Crippen LogP contribution in [-0.2, 0) is 9.53 Å². The summed E-state index contributed by atoms with van der Waals surface area (Å²) in [6.07, 6.45) is 1.65. The van der Waals surface area contributed by atoms with E-state index in [-0.39, 0.29) is 5.91 Å². The summed E-state index contributed by atoms with van der Waals surface area (Å²) >= 11 is 3.41. The first kappa shape index (κ1) is 19.2. The van der Waals surface area contributed by atoms with Gasteiger partial charge >= 0.3 is 0 Å². The van der Waals surface area contributed by atoms with Crippen molar-refractivity contribution in [1.29, 1.82) is 0 Å². The molecule has 0 aliphatic carbocycles. The van der Waals surface area contributed by atoms with Crippen LogP contribution in [-0.4, -0.2) is 57.3 Å². The quantitative estimate of drug-likeness (QED) is 0.731. The molecule has 1 fully saturated rings. The van der Waals surface area contributed by atoms with Crippen molar-refractivity contribution in [2.24, 2.45) is 5.41 Å². The molecule has 0 radical (unpaired) electrons. The molecule has 1 heterocycles. The average Bonchev–Trinajstić information content (AvgIpc) is 2.61. The van der Waals surface area contributed by atoms with Crippen molar-refractivity contribution in [1.82, 2.24) is 10.2 Å². The number of hydrogen-bond acceptors (Lipinski definition) is 4. The van der Waals surface area contributed by atoms with E-state index < -0.39 is 5.41 Å². The predicted molar refractivity (Wildman–Crippen MR) is 98.3 cm³/mol. The molecule has 24 heavy (non-hydrogen) atoms. The van der Waals surface area contributed by atoms with Crippen molar-refractivity contribution in [3.63, 3.8) is 0 Å². The highest BCUT2D eigenvalue weighted by atomic mass is 79.9. The zero-order valence-electron chi connectivity index (χ0n) is 14.5. The fourth-order valence-corrected chi connectivity index (χ4v) is 3.41. The maximum atomic E-state index is 13.1. The maximum Gasteiger partial charge on any atom is 0.231 e. The highest BCUT2D eigenvalue weighted by Crippen LogP contribution is 2.31. The Bertz CT molecular complexity index is 510. The number of ether oxygens (including phenoxy) is 2. The van der Waals surface area contributed by atoms with Crippen LogP contribution in [0.25, 0.3) is 0 Å². The van der Waals surface area contributed by atoms with E-state index in [0.717, 1.165) is 36.2 Å². The number of piperidine rings is 1. The van der Waals surface area contributed by atoms with Gasteiger partial charge in [0, 0.05) is 18.1 Å². The number of halogens is 1. The lowest BCUT2D eigenvalue weighted by molar-refractivity contribution is -0.147. The normalized spacial score (nSPS) is 16.6. The van der Waals surface area contributed by atoms with Gasteiger partial charge in [-0.25, -0.2) is 0 Å². The summed E-state index contributed by atoms with van der Waals surface area (Å²) in [7, 11) is 1.67. The molecule has 1 aromatic carbocycles. The van der Waals surface area contributed by atoms with Crippen molar-refractivity contribution in [3.8, 4) is 5.75 Å². The van der Waals surface area contributed by atoms with Gasteiger partial charge in [-0.1, -0.05) is 15.9 Å². The fourth-order valence-electron chi connectivity index (χ4n) is 3.14. The van der Waals surface area contributed by atoms with Gasteiger partial charge in [0.25, 0.3) is 0 Å². The van der Waals surface area contributed by atoms with E-state index in [0.29, 0.717) is 26.3 Å². The lowest BCUT2D eigenvalue weighted by atomic mass is 9.78. The van der Waals surface area contributed by atoms with E-state index in [1.54, 1.807) is 7.11 Å². The smallest absolute Gasteiger partial charge is 0.231 e. The second-order valence-corrected chi connectivity index (χ2v) is 7.07. The number of likely N-dealkylation sites (N-methyl/N-ethyl adjacent to an activating group) is 1. The first-order valence-corrected chi connectivity index (χ1v) is 9.28. The van der Waals surface area contributed by atoms with E-state index in [9.17, 15) is 4.79 Å². The molecule has 1 aliphatic rings. The van der Waals surface area contributed by atoms with Crippen LogP contribution in [0.1, 0.15) is 19.8 Å². The van der Waals surface area contributed by atoms with Gasteiger partial charge in [0.1, 0.15) is 12.4 Å². The largest absolute Gasteiger partial charge is 0.492 e. The number of benzene rings is 1. The zero-order chi connectivity index (χ0) is 17.4. The molecule has 134 valence electrons. The van der Waals surface area contributed by atoms with Gasteiger partial charge in [0.15, 0.2) is 0 Å². The third-order valence-electron chi connectivity index (χ3n) is 4.55. The van der Waals surface area contributed by atoms with Gasteiger partial charge in [0.2, 0.25) is 5.91 Å². The van der Waals surface area contributed by atoms with E-state index in [2.05, 4.69) is 21.2 Å². The summed E-state index contributed by atoms with van der Waals surface area (Å²) in [5, 5.41) is 3.32. The Kier molecular flexibility index (Phi) is 7.52. The Balaban J connectivity index is 1.93. The number of amides is 1. The standard InChI is InChI=1S/C18H27BrN2O3/c1-3-21(12-13-24-16-6-4-15(19)5-7-16)17(22)18(14-23-2)8-10-20-11-9-18/h4-7,20H,3,8-14H2,1-2H3. The summed E-state index contributed by atoms with van der Waals surface area (Å²) < 4.78 is 12.2. The molecule has 1 aromatic rings. The van der Waals surface area contributed by atoms with Crippen molar-refractivity contribution in [3.05, 3.63) is 28.7 Å². The van der Waals surface area contributed by atoms with Crippen molar-refractivity contribution in [2.45, 2.75) is 19.8 Å². The second kappa shape index (κ2) is 9.39. The van der Waals surface area contributed by atoms with E-state index in [1.165, 1.54) is 0 Å². The third kappa shape index (κ3) is 4.94. The SMILES string of the molecule is CCN(CCOc1ccc(Br)cc1)C(=O)C1(COC)CCNCC1. The first-order chi connectivity index (χ1) is 11.6. The van der Waals surface area contributed by atoms with Crippen LogP contribution < -0.4 is 10.1 Å². The van der Waals surface area contributed by atoms with E-state index in [1.807, 2.05) is 36.1 Å². The molecule has 0 spiro atoms. The van der Waals surface area contributed by atoms with Crippen LogP contribution in [0, 0.1) is 5.41 Å². The van der Waals surface area contributed by atoms with Crippen LogP contribution in [0.3, 0.4) is 0 Å². The number of rotatable bonds is 8. The Morgan fingerprint density at radius 1 is 1.29 bits per heavy atom. The second-order valence-electron chi connectivity index (χ2n) is 6.15. The molecule has 1 aliphatic heterocycles. The van der Waals surface area contributed by atoms with Crippen molar-refractivity contribution < 1.29 is 14.3 Å². The minimum absolute atomic E-state index is 0.188. The lowest BCUT2D eigenvalue weighted by Crippen LogP contribution is -2.52. The van der Waals surface area contributed by atoms with E-state index >= 15 is 0 Å². The topological polar surface area (TPSA) is 50.8 Å². The van der Waals surface area contributed by atoms with Crippen LogP contribution in [0.15, 0.2) is 28.7 Å². The molecule has 0 atom stereocenters. The molecule has 1 N–H and O–H groups in total. The molecular weight excluding hydrogens is 372 g/mol. The summed E-state index contributed by atoms with van der Waals surface area (Å²) in [6.45, 7) is 5.98. The summed E-state index contributed by atoms with van der Waals surface area (Å²) in [4.78, 5) is 15.0. The highest BCUT2D eigenvalue weighted by molar-refractivity contribution is 9.10. The molecule has 6 heteroatoms. The Morgan fingerprint density at radius 3 is 2.54 bits per heavy atom. The molecule has 5 nitrogen and oxygen atoms in total. The molecule has 0 aromatic heterocycles. The summed E-state index contributed by atoms with van der Waals surface area (Å²) in [6, 6.07) is 7.73. The fraction of sp³-hybridized carbons (Fsp3) is 0.611. The molecule has 1 amide bonds. The monoisotopic (exact) mass is 398 g/mol. The van der Waals surface area contributed by atoms with Gasteiger partial charge in [-0.3, -0.25) is 4.79 Å². The van der Waals surface area contributed by atoms with Gasteiger partial charge in [0.05, 0.1) is 18.6 Å². The van der Waals surface area contributed by atoms with E-state index in [4.69, 9.17) is 9.47 Å². The van der Waals surface area contributed by atoms with Gasteiger partial charge in [-0.15, -0.1) is 0 Å². The third-order valence-corrected chi connectivity index (χ3v) is 5.08. The molecule has 0 saturated carbocycles. The number of hydrogen-bond donors (Lipinski definition) is 1.